The summed E-state index contributed by atoms with van der Waals surface area (Å²) in [6.07, 6.45) is -1.61. The second kappa shape index (κ2) is 12.9. The maximum atomic E-state index is 13.0. The van der Waals surface area contributed by atoms with E-state index >= 15 is 0 Å². The van der Waals surface area contributed by atoms with Crippen molar-refractivity contribution in [1.29, 1.82) is 0 Å². The van der Waals surface area contributed by atoms with E-state index < -0.39 is 47.7 Å². The fourth-order valence-corrected chi connectivity index (χ4v) is 3.00. The van der Waals surface area contributed by atoms with Crippen LogP contribution < -0.4 is 11.5 Å². The van der Waals surface area contributed by atoms with E-state index in [4.69, 9.17) is 20.9 Å². The monoisotopic (exact) mass is 465 g/mol. The largest absolute Gasteiger partial charge is 0.516 e. The quantitative estimate of drug-likeness (QED) is 0.371. The Labute approximate surface area is 194 Å². The second-order valence-corrected chi connectivity index (χ2v) is 8.84. The Balaban J connectivity index is 2.72. The number of amides is 2. The summed E-state index contributed by atoms with van der Waals surface area (Å²) in [7, 11) is 0. The molecule has 0 bridgehead atoms. The smallest absolute Gasteiger partial charge is 0.428 e. The summed E-state index contributed by atoms with van der Waals surface area (Å²) in [5, 5.41) is 0. The van der Waals surface area contributed by atoms with Gasteiger partial charge in [0.1, 0.15) is 17.7 Å². The van der Waals surface area contributed by atoms with E-state index in [9.17, 15) is 19.2 Å². The molecule has 0 spiro atoms. The molecule has 0 aromatic heterocycles. The Morgan fingerprint density at radius 1 is 1.06 bits per heavy atom. The van der Waals surface area contributed by atoms with Crippen molar-refractivity contribution in [2.75, 3.05) is 6.61 Å². The summed E-state index contributed by atoms with van der Waals surface area (Å²) >= 11 is 0. The van der Waals surface area contributed by atoms with Crippen LogP contribution in [0, 0.1) is 0 Å². The summed E-state index contributed by atoms with van der Waals surface area (Å²) in [6, 6.07) is 6.80. The van der Waals surface area contributed by atoms with Crippen LogP contribution in [0.15, 0.2) is 30.3 Å². The molecule has 2 amide bonds. The zero-order valence-corrected chi connectivity index (χ0v) is 19.9. The van der Waals surface area contributed by atoms with Gasteiger partial charge < -0.3 is 30.6 Å². The topological polar surface area (TPSA) is 151 Å². The number of carbonyl (C=O) groups is 4. The van der Waals surface area contributed by atoms with Crippen molar-refractivity contribution in [3.63, 3.8) is 0 Å². The average molecular weight is 466 g/mol. The molecule has 0 heterocycles. The number of benzene rings is 1. The van der Waals surface area contributed by atoms with Gasteiger partial charge in [-0.1, -0.05) is 30.3 Å². The number of ether oxygens (including phenoxy) is 3. The van der Waals surface area contributed by atoms with Crippen molar-refractivity contribution in [1.82, 2.24) is 4.90 Å². The summed E-state index contributed by atoms with van der Waals surface area (Å²) in [5.74, 6) is -2.25. The third-order valence-electron chi connectivity index (χ3n) is 4.41. The van der Waals surface area contributed by atoms with Crippen LogP contribution in [0.5, 0.6) is 0 Å². The van der Waals surface area contributed by atoms with Crippen LogP contribution in [0.3, 0.4) is 0 Å². The summed E-state index contributed by atoms with van der Waals surface area (Å²) in [6.45, 7) is 8.49. The molecule has 10 nitrogen and oxygen atoms in total. The van der Waals surface area contributed by atoms with Crippen molar-refractivity contribution < 1.29 is 33.4 Å². The lowest BCUT2D eigenvalue weighted by Gasteiger charge is -2.35. The minimum Gasteiger partial charge on any atom is -0.428 e. The number of hydrogen-bond donors (Lipinski definition) is 2. The molecular weight excluding hydrogens is 430 g/mol. The Morgan fingerprint density at radius 2 is 1.67 bits per heavy atom. The lowest BCUT2D eigenvalue weighted by atomic mass is 10.1. The molecule has 1 rings (SSSR count). The summed E-state index contributed by atoms with van der Waals surface area (Å²) < 4.78 is 15.1. The molecule has 33 heavy (non-hydrogen) atoms. The lowest BCUT2D eigenvalue weighted by molar-refractivity contribution is -0.146. The standard InChI is InChI=1S/C23H35N3O7/c1-15(2)26(21(29)17(24)14-31-13-16-9-7-6-8-10-16)18(20(25)28)11-12-19(27)32-22(30)33-23(3,4)5/h6-10,15,17-18H,11-14,24H2,1-5H3,(H2,25,28)/t17-,18+/m0/s1. The SMILES string of the molecule is CC(C)N(C(=O)[C@@H](N)COCc1ccccc1)[C@H](CCC(=O)OC(=O)OC(C)(C)C)C(N)=O. The number of nitrogens with two attached hydrogens (primary N) is 2. The molecule has 0 aliphatic rings. The van der Waals surface area contributed by atoms with Crippen molar-refractivity contribution in [3.05, 3.63) is 35.9 Å². The van der Waals surface area contributed by atoms with Crippen molar-refractivity contribution >= 4 is 23.9 Å². The molecule has 0 aliphatic carbocycles. The number of rotatable bonds is 11. The number of carbonyl (C=O) groups excluding carboxylic acids is 4. The van der Waals surface area contributed by atoms with E-state index in [1.165, 1.54) is 4.90 Å². The normalized spacial score (nSPS) is 13.2. The predicted molar refractivity (Wildman–Crippen MR) is 121 cm³/mol. The van der Waals surface area contributed by atoms with Gasteiger partial charge in [0.05, 0.1) is 13.2 Å². The minimum atomic E-state index is -1.14. The Bertz CT molecular complexity index is 806. The first-order valence-corrected chi connectivity index (χ1v) is 10.7. The zero-order valence-electron chi connectivity index (χ0n) is 19.9. The highest BCUT2D eigenvalue weighted by molar-refractivity contribution is 5.90. The first-order valence-electron chi connectivity index (χ1n) is 10.7. The minimum absolute atomic E-state index is 0.0664. The van der Waals surface area contributed by atoms with Crippen LogP contribution >= 0.6 is 0 Å². The number of hydrogen-bond acceptors (Lipinski definition) is 8. The van der Waals surface area contributed by atoms with Gasteiger partial charge in [-0.25, -0.2) is 4.79 Å². The maximum Gasteiger partial charge on any atom is 0.516 e. The van der Waals surface area contributed by atoms with E-state index in [-0.39, 0.29) is 26.1 Å². The third-order valence-corrected chi connectivity index (χ3v) is 4.41. The Hall–Kier alpha value is -2.98. The molecule has 184 valence electrons. The van der Waals surface area contributed by atoms with Gasteiger partial charge in [-0.05, 0) is 46.6 Å². The molecule has 0 radical (unpaired) electrons. The van der Waals surface area contributed by atoms with Gasteiger partial charge in [0.15, 0.2) is 0 Å². The van der Waals surface area contributed by atoms with E-state index in [1.54, 1.807) is 34.6 Å². The van der Waals surface area contributed by atoms with Gasteiger partial charge in [-0.15, -0.1) is 0 Å². The second-order valence-electron chi connectivity index (χ2n) is 8.84. The summed E-state index contributed by atoms with van der Waals surface area (Å²) in [5.41, 5.74) is 11.6. The first kappa shape index (κ1) is 28.1. The number of esters is 1. The van der Waals surface area contributed by atoms with Crippen molar-refractivity contribution in [2.45, 2.75) is 77.8 Å². The number of primary amides is 1. The maximum absolute atomic E-state index is 13.0. The molecule has 0 saturated heterocycles. The van der Waals surface area contributed by atoms with Crippen molar-refractivity contribution in [3.8, 4) is 0 Å². The molecule has 2 atom stereocenters. The van der Waals surface area contributed by atoms with Gasteiger partial charge >= 0.3 is 12.1 Å². The van der Waals surface area contributed by atoms with Crippen LogP contribution in [0.2, 0.25) is 0 Å². The molecule has 0 unspecified atom stereocenters. The average Bonchev–Trinajstić information content (AvgIpc) is 2.69. The zero-order chi connectivity index (χ0) is 25.2. The molecule has 0 aliphatic heterocycles. The van der Waals surface area contributed by atoms with Gasteiger partial charge in [0, 0.05) is 12.5 Å². The molecule has 0 saturated carbocycles. The van der Waals surface area contributed by atoms with E-state index in [1.807, 2.05) is 30.3 Å². The van der Waals surface area contributed by atoms with E-state index in [0.717, 1.165) is 5.56 Å². The molecule has 1 aromatic carbocycles. The van der Waals surface area contributed by atoms with Gasteiger partial charge in [-0.2, -0.15) is 0 Å². The highest BCUT2D eigenvalue weighted by atomic mass is 16.7. The molecule has 0 fully saturated rings. The molecule has 10 heteroatoms. The lowest BCUT2D eigenvalue weighted by Crippen LogP contribution is -2.57. The predicted octanol–water partition coefficient (Wildman–Crippen LogP) is 1.88. The molecule has 4 N–H and O–H groups in total. The van der Waals surface area contributed by atoms with E-state index in [2.05, 4.69) is 4.74 Å². The van der Waals surface area contributed by atoms with Crippen LogP contribution in [-0.4, -0.2) is 59.2 Å². The summed E-state index contributed by atoms with van der Waals surface area (Å²) in [4.78, 5) is 50.0. The van der Waals surface area contributed by atoms with Gasteiger partial charge in [0.25, 0.3) is 0 Å². The van der Waals surface area contributed by atoms with Crippen LogP contribution in [-0.2, 0) is 35.2 Å². The third kappa shape index (κ3) is 10.5. The van der Waals surface area contributed by atoms with Crippen LogP contribution in [0.25, 0.3) is 0 Å². The molecule has 1 aromatic rings. The highest BCUT2D eigenvalue weighted by Crippen LogP contribution is 2.15. The first-order chi connectivity index (χ1) is 15.3. The van der Waals surface area contributed by atoms with E-state index in [0.29, 0.717) is 0 Å². The van der Waals surface area contributed by atoms with Crippen molar-refractivity contribution in [2.24, 2.45) is 11.5 Å². The van der Waals surface area contributed by atoms with Gasteiger partial charge in [-0.3, -0.25) is 14.4 Å². The Kier molecular flexibility index (Phi) is 11.0. The molecular formula is C23H35N3O7. The fourth-order valence-electron chi connectivity index (χ4n) is 3.00. The van der Waals surface area contributed by atoms with Gasteiger partial charge in [0.2, 0.25) is 11.8 Å². The fraction of sp³-hybridized carbons (Fsp3) is 0.565. The highest BCUT2D eigenvalue weighted by Gasteiger charge is 2.34. The Morgan fingerprint density at radius 3 is 2.18 bits per heavy atom. The van der Waals surface area contributed by atoms with Crippen LogP contribution in [0.4, 0.5) is 4.79 Å². The van der Waals surface area contributed by atoms with Crippen LogP contribution in [0.1, 0.15) is 53.0 Å². The number of nitrogens with zero attached hydrogens (tertiary/aromatic N) is 1.